The number of rotatable bonds is 2. The van der Waals surface area contributed by atoms with Gasteiger partial charge in [0.2, 0.25) is 0 Å². The highest BCUT2D eigenvalue weighted by Crippen LogP contribution is 2.38. The Hall–Kier alpha value is -1.07. The first-order valence-electron chi connectivity index (χ1n) is 4.89. The number of halogens is 1. The fourth-order valence-electron chi connectivity index (χ4n) is 1.81. The number of carbonyl (C=O) groups is 1. The van der Waals surface area contributed by atoms with Gasteiger partial charge in [-0.2, -0.15) is 0 Å². The van der Waals surface area contributed by atoms with E-state index in [1.165, 1.54) is 0 Å². The van der Waals surface area contributed by atoms with Gasteiger partial charge in [0.15, 0.2) is 6.10 Å². The van der Waals surface area contributed by atoms with Gasteiger partial charge in [-0.3, -0.25) is 0 Å². The minimum atomic E-state index is -1.49. The van der Waals surface area contributed by atoms with Gasteiger partial charge in [-0.05, 0) is 46.1 Å². The maximum absolute atomic E-state index is 10.7. The second-order valence-electron chi connectivity index (χ2n) is 3.86. The zero-order valence-electron chi connectivity index (χ0n) is 8.61. The molecule has 0 aromatic heterocycles. The lowest BCUT2D eigenvalue weighted by Crippen LogP contribution is -2.10. The minimum absolute atomic E-state index is 0.0866. The van der Waals surface area contributed by atoms with Crippen LogP contribution in [0.1, 0.15) is 24.2 Å². The third-order valence-corrected chi connectivity index (χ3v) is 3.11. The first-order chi connectivity index (χ1) is 7.49. The van der Waals surface area contributed by atoms with E-state index in [1.807, 2.05) is 6.92 Å². The summed E-state index contributed by atoms with van der Waals surface area (Å²) in [5.41, 5.74) is 1.30. The van der Waals surface area contributed by atoms with Crippen molar-refractivity contribution < 1.29 is 19.7 Å². The SMILES string of the molecule is CC1Cc2cc(C(O)C(=O)O)cc(Br)c2O1. The van der Waals surface area contributed by atoms with Crippen molar-refractivity contribution in [3.63, 3.8) is 0 Å². The van der Waals surface area contributed by atoms with Crippen molar-refractivity contribution in [2.75, 3.05) is 0 Å². The molecule has 5 heteroatoms. The van der Waals surface area contributed by atoms with Crippen LogP contribution in [0.3, 0.4) is 0 Å². The Morgan fingerprint density at radius 2 is 2.31 bits per heavy atom. The molecule has 0 radical (unpaired) electrons. The number of benzene rings is 1. The maximum Gasteiger partial charge on any atom is 0.337 e. The first kappa shape index (κ1) is 11.4. The van der Waals surface area contributed by atoms with Gasteiger partial charge in [0.05, 0.1) is 4.47 Å². The normalized spacial score (nSPS) is 20.1. The number of aliphatic hydroxyl groups excluding tert-OH is 1. The number of hydrogen-bond acceptors (Lipinski definition) is 3. The molecule has 4 nitrogen and oxygen atoms in total. The lowest BCUT2D eigenvalue weighted by atomic mass is 10.0. The number of carboxylic acid groups (broad SMARTS) is 1. The predicted octanol–water partition coefficient (Wildman–Crippen LogP) is 1.89. The highest BCUT2D eigenvalue weighted by molar-refractivity contribution is 9.10. The summed E-state index contributed by atoms with van der Waals surface area (Å²) in [4.78, 5) is 10.7. The van der Waals surface area contributed by atoms with Crippen molar-refractivity contribution in [1.82, 2.24) is 0 Å². The van der Waals surface area contributed by atoms with Crippen LogP contribution in [0.2, 0.25) is 0 Å². The van der Waals surface area contributed by atoms with Crippen LogP contribution in [0, 0.1) is 0 Å². The van der Waals surface area contributed by atoms with Crippen LogP contribution in [0.25, 0.3) is 0 Å². The minimum Gasteiger partial charge on any atom is -0.489 e. The molecular weight excluding hydrogens is 276 g/mol. The van der Waals surface area contributed by atoms with E-state index in [0.29, 0.717) is 10.0 Å². The molecule has 0 saturated heterocycles. The molecule has 1 aromatic rings. The van der Waals surface area contributed by atoms with Crippen LogP contribution >= 0.6 is 15.9 Å². The number of ether oxygens (including phenoxy) is 1. The van der Waals surface area contributed by atoms with Gasteiger partial charge < -0.3 is 14.9 Å². The Labute approximate surface area is 101 Å². The van der Waals surface area contributed by atoms with E-state index in [4.69, 9.17) is 9.84 Å². The average Bonchev–Trinajstić information content (AvgIpc) is 2.57. The highest BCUT2D eigenvalue weighted by Gasteiger charge is 2.25. The van der Waals surface area contributed by atoms with Crippen molar-refractivity contribution in [3.8, 4) is 5.75 Å². The maximum atomic E-state index is 10.7. The van der Waals surface area contributed by atoms with Crippen LogP contribution in [-0.2, 0) is 11.2 Å². The summed E-state index contributed by atoms with van der Waals surface area (Å²) in [6.45, 7) is 1.94. The summed E-state index contributed by atoms with van der Waals surface area (Å²) < 4.78 is 6.24. The Morgan fingerprint density at radius 1 is 1.62 bits per heavy atom. The third kappa shape index (κ3) is 1.92. The van der Waals surface area contributed by atoms with Gasteiger partial charge in [-0.25, -0.2) is 4.79 Å². The third-order valence-electron chi connectivity index (χ3n) is 2.52. The zero-order valence-corrected chi connectivity index (χ0v) is 10.2. The average molecular weight is 287 g/mol. The van der Waals surface area contributed by atoms with E-state index in [0.717, 1.165) is 17.7 Å². The summed E-state index contributed by atoms with van der Waals surface area (Å²) in [5.74, 6) is -0.507. The second-order valence-corrected chi connectivity index (χ2v) is 4.72. The van der Waals surface area contributed by atoms with E-state index in [2.05, 4.69) is 15.9 Å². The summed E-state index contributed by atoms with van der Waals surface area (Å²) in [6, 6.07) is 3.26. The van der Waals surface area contributed by atoms with Gasteiger partial charge in [0, 0.05) is 6.42 Å². The molecule has 2 unspecified atom stereocenters. The summed E-state index contributed by atoms with van der Waals surface area (Å²) >= 11 is 3.31. The number of hydrogen-bond donors (Lipinski definition) is 2. The molecule has 2 N–H and O–H groups in total. The molecule has 16 heavy (non-hydrogen) atoms. The quantitative estimate of drug-likeness (QED) is 0.871. The molecule has 2 atom stereocenters. The fourth-order valence-corrected chi connectivity index (χ4v) is 2.42. The zero-order chi connectivity index (χ0) is 11.9. The van der Waals surface area contributed by atoms with Crippen LogP contribution < -0.4 is 4.74 Å². The highest BCUT2D eigenvalue weighted by atomic mass is 79.9. The monoisotopic (exact) mass is 286 g/mol. The lowest BCUT2D eigenvalue weighted by molar-refractivity contribution is -0.146. The first-order valence-corrected chi connectivity index (χ1v) is 5.68. The molecule has 86 valence electrons. The van der Waals surface area contributed by atoms with Gasteiger partial charge in [0.1, 0.15) is 11.9 Å². The Bertz CT molecular complexity index is 444. The molecule has 1 heterocycles. The van der Waals surface area contributed by atoms with E-state index in [1.54, 1.807) is 12.1 Å². The van der Waals surface area contributed by atoms with Crippen LogP contribution in [0.4, 0.5) is 0 Å². The topological polar surface area (TPSA) is 66.8 Å². The van der Waals surface area contributed by atoms with Crippen LogP contribution in [0.5, 0.6) is 5.75 Å². The van der Waals surface area contributed by atoms with Gasteiger partial charge in [-0.15, -0.1) is 0 Å². The molecule has 0 amide bonds. The van der Waals surface area contributed by atoms with E-state index < -0.39 is 12.1 Å². The standard InChI is InChI=1S/C11H11BrO4/c1-5-2-7-3-6(9(13)11(14)15)4-8(12)10(7)16-5/h3-5,9,13H,2H2,1H3,(H,14,15). The molecule has 0 spiro atoms. The lowest BCUT2D eigenvalue weighted by Gasteiger charge is -2.09. The number of carboxylic acids is 1. The molecular formula is C11H11BrO4. The molecule has 2 rings (SSSR count). The Balaban J connectivity index is 2.42. The molecule has 0 bridgehead atoms. The number of aliphatic hydroxyl groups is 1. The Morgan fingerprint density at radius 3 is 2.94 bits per heavy atom. The molecule has 0 aliphatic carbocycles. The van der Waals surface area contributed by atoms with E-state index in [9.17, 15) is 9.90 Å². The van der Waals surface area contributed by atoms with Crippen molar-refractivity contribution in [1.29, 1.82) is 0 Å². The van der Waals surface area contributed by atoms with Crippen molar-refractivity contribution >= 4 is 21.9 Å². The second kappa shape index (κ2) is 4.07. The van der Waals surface area contributed by atoms with Crippen molar-refractivity contribution in [3.05, 3.63) is 27.7 Å². The summed E-state index contributed by atoms with van der Waals surface area (Å²) in [6.07, 6.45) is -0.672. The summed E-state index contributed by atoms with van der Waals surface area (Å²) in [5, 5.41) is 18.2. The van der Waals surface area contributed by atoms with Gasteiger partial charge in [0.25, 0.3) is 0 Å². The largest absolute Gasteiger partial charge is 0.489 e. The molecule has 1 aliphatic rings. The molecule has 0 saturated carbocycles. The van der Waals surface area contributed by atoms with Crippen molar-refractivity contribution in [2.45, 2.75) is 25.6 Å². The number of aliphatic carboxylic acids is 1. The Kier molecular flexibility index (Phi) is 2.90. The van der Waals surface area contributed by atoms with Crippen LogP contribution in [0.15, 0.2) is 16.6 Å². The smallest absolute Gasteiger partial charge is 0.337 e. The molecule has 1 aliphatic heterocycles. The fraction of sp³-hybridized carbons (Fsp3) is 0.364. The summed E-state index contributed by atoms with van der Waals surface area (Å²) in [7, 11) is 0. The molecule has 0 fully saturated rings. The van der Waals surface area contributed by atoms with E-state index >= 15 is 0 Å². The van der Waals surface area contributed by atoms with Gasteiger partial charge >= 0.3 is 5.97 Å². The predicted molar refractivity (Wildman–Crippen MR) is 60.5 cm³/mol. The number of fused-ring (bicyclic) bond motifs is 1. The molecule has 1 aromatic carbocycles. The van der Waals surface area contributed by atoms with Crippen molar-refractivity contribution in [2.24, 2.45) is 0 Å². The van der Waals surface area contributed by atoms with Gasteiger partial charge in [-0.1, -0.05) is 0 Å². The van der Waals surface area contributed by atoms with E-state index in [-0.39, 0.29) is 6.10 Å². The van der Waals surface area contributed by atoms with Crippen LogP contribution in [-0.4, -0.2) is 22.3 Å².